The third-order valence-corrected chi connectivity index (χ3v) is 17.5. The van der Waals surface area contributed by atoms with Crippen molar-refractivity contribution in [3.05, 3.63) is 114 Å². The van der Waals surface area contributed by atoms with Crippen molar-refractivity contribution in [3.63, 3.8) is 0 Å². The van der Waals surface area contributed by atoms with Gasteiger partial charge >= 0.3 is 208 Å². The van der Waals surface area contributed by atoms with E-state index in [1.165, 1.54) is 0 Å². The molecule has 4 aromatic rings. The van der Waals surface area contributed by atoms with Crippen LogP contribution in [-0.4, -0.2) is 23.1 Å². The first kappa shape index (κ1) is 22.3. The average molecular weight is 538 g/mol. The van der Waals surface area contributed by atoms with E-state index in [1.807, 2.05) is 29.2 Å². The number of halogens is 2. The van der Waals surface area contributed by atoms with Crippen LogP contribution in [0, 0.1) is 0 Å². The van der Waals surface area contributed by atoms with Crippen molar-refractivity contribution in [2.75, 3.05) is 11.4 Å². The summed E-state index contributed by atoms with van der Waals surface area (Å²) in [7, 11) is 0. The Hall–Kier alpha value is -2.52. The van der Waals surface area contributed by atoms with Crippen LogP contribution in [0.4, 0.5) is 5.69 Å². The second kappa shape index (κ2) is 8.68. The SMILES string of the molecule is O=C1C(P(Br)(c2ccccc2)(c2ccccc2)c2ccccc2)CCN1c1ccc(Cl)nc1. The molecule has 0 aliphatic carbocycles. The van der Waals surface area contributed by atoms with E-state index in [0.717, 1.165) is 28.0 Å². The molecule has 0 spiro atoms. The number of benzene rings is 3. The molecule has 1 unspecified atom stereocenters. The van der Waals surface area contributed by atoms with Crippen LogP contribution >= 0.6 is 32.4 Å². The minimum absolute atomic E-state index is 0.102. The molecule has 0 radical (unpaired) electrons. The Morgan fingerprint density at radius 3 is 1.70 bits per heavy atom. The van der Waals surface area contributed by atoms with Crippen LogP contribution < -0.4 is 20.8 Å². The molecule has 2 heterocycles. The molecule has 6 heteroatoms. The maximum absolute atomic E-state index is 14.2. The van der Waals surface area contributed by atoms with Crippen molar-refractivity contribution in [2.24, 2.45) is 0 Å². The summed E-state index contributed by atoms with van der Waals surface area (Å²) < 4.78 is 0. The number of nitrogens with zero attached hydrogens (tertiary/aromatic N) is 2. The fourth-order valence-corrected chi connectivity index (χ4v) is 13.8. The molecule has 1 amide bonds. The van der Waals surface area contributed by atoms with Crippen molar-refractivity contribution in [3.8, 4) is 0 Å². The van der Waals surface area contributed by atoms with Crippen molar-refractivity contribution in [1.29, 1.82) is 0 Å². The van der Waals surface area contributed by atoms with Gasteiger partial charge in [-0.1, -0.05) is 0 Å². The van der Waals surface area contributed by atoms with Gasteiger partial charge in [0.25, 0.3) is 0 Å². The Bertz CT molecular complexity index is 1170. The van der Waals surface area contributed by atoms with E-state index in [2.05, 4.69) is 93.3 Å². The van der Waals surface area contributed by atoms with Gasteiger partial charge in [-0.15, -0.1) is 0 Å². The third kappa shape index (κ3) is 3.44. The first-order chi connectivity index (χ1) is 16.0. The van der Waals surface area contributed by atoms with E-state index in [4.69, 9.17) is 11.6 Å². The molecule has 1 aromatic heterocycles. The Kier molecular flexibility index (Phi) is 5.86. The molecule has 1 saturated heterocycles. The van der Waals surface area contributed by atoms with Crippen LogP contribution in [0.2, 0.25) is 5.15 Å². The van der Waals surface area contributed by atoms with Gasteiger partial charge in [-0.2, -0.15) is 0 Å². The minimum atomic E-state index is -3.39. The fraction of sp³-hybridized carbons (Fsp3) is 0.111. The van der Waals surface area contributed by atoms with Gasteiger partial charge in [0.2, 0.25) is 0 Å². The molecule has 5 rings (SSSR count). The topological polar surface area (TPSA) is 33.2 Å². The van der Waals surface area contributed by atoms with Gasteiger partial charge in [-0.05, 0) is 0 Å². The molecule has 1 atom stereocenters. The number of carbonyl (C=O) groups is 1. The van der Waals surface area contributed by atoms with Crippen molar-refractivity contribution in [1.82, 2.24) is 4.98 Å². The Morgan fingerprint density at radius 2 is 1.27 bits per heavy atom. The van der Waals surface area contributed by atoms with Gasteiger partial charge in [0.05, 0.1) is 0 Å². The predicted molar refractivity (Wildman–Crippen MR) is 144 cm³/mol. The number of carbonyl (C=O) groups excluding carboxylic acids is 1. The van der Waals surface area contributed by atoms with Crippen LogP contribution in [0.5, 0.6) is 0 Å². The first-order valence-electron chi connectivity index (χ1n) is 10.9. The maximum atomic E-state index is 14.2. The third-order valence-electron chi connectivity index (χ3n) is 6.57. The van der Waals surface area contributed by atoms with E-state index in [9.17, 15) is 4.79 Å². The number of aromatic nitrogens is 1. The van der Waals surface area contributed by atoms with Crippen molar-refractivity contribution in [2.45, 2.75) is 12.1 Å². The van der Waals surface area contributed by atoms with E-state index < -0.39 is 5.31 Å². The summed E-state index contributed by atoms with van der Waals surface area (Å²) in [4.78, 5) is 20.3. The monoisotopic (exact) mass is 536 g/mol. The van der Waals surface area contributed by atoms with E-state index in [0.29, 0.717) is 11.7 Å². The van der Waals surface area contributed by atoms with Crippen LogP contribution in [-0.2, 0) is 4.79 Å². The molecule has 0 bridgehead atoms. The molecular formula is C27H23BrClN2OP. The number of hydrogen-bond donors (Lipinski definition) is 0. The van der Waals surface area contributed by atoms with Gasteiger partial charge in [-0.3, -0.25) is 0 Å². The summed E-state index contributed by atoms with van der Waals surface area (Å²) in [5.74, 6) is 0.102. The quantitative estimate of drug-likeness (QED) is 0.242. The van der Waals surface area contributed by atoms with E-state index in [1.54, 1.807) is 12.3 Å². The average Bonchev–Trinajstić information content (AvgIpc) is 3.28. The van der Waals surface area contributed by atoms with Gasteiger partial charge in [0, 0.05) is 0 Å². The molecule has 1 aliphatic rings. The van der Waals surface area contributed by atoms with Gasteiger partial charge < -0.3 is 0 Å². The zero-order valence-electron chi connectivity index (χ0n) is 17.9. The number of anilines is 1. The van der Waals surface area contributed by atoms with Crippen LogP contribution in [0.1, 0.15) is 6.42 Å². The number of amides is 1. The summed E-state index contributed by atoms with van der Waals surface area (Å²) >= 11 is 10.4. The summed E-state index contributed by atoms with van der Waals surface area (Å²) in [6.07, 6.45) is 2.41. The summed E-state index contributed by atoms with van der Waals surface area (Å²) in [5.41, 5.74) is 0.512. The molecule has 3 aromatic carbocycles. The molecule has 0 N–H and O–H groups in total. The second-order valence-corrected chi connectivity index (χ2v) is 17.3. The molecule has 166 valence electrons. The molecule has 33 heavy (non-hydrogen) atoms. The zero-order chi connectivity index (χ0) is 22.9. The van der Waals surface area contributed by atoms with Crippen molar-refractivity contribution >= 4 is 59.9 Å². The molecule has 0 saturated carbocycles. The Balaban J connectivity index is 1.78. The first-order valence-corrected chi connectivity index (χ1v) is 15.6. The second-order valence-electron chi connectivity index (χ2n) is 8.21. The van der Waals surface area contributed by atoms with E-state index in [-0.39, 0.29) is 11.6 Å². The van der Waals surface area contributed by atoms with Crippen LogP contribution in [0.3, 0.4) is 0 Å². The predicted octanol–water partition coefficient (Wildman–Crippen LogP) is 5.68. The Morgan fingerprint density at radius 1 is 0.788 bits per heavy atom. The van der Waals surface area contributed by atoms with Crippen LogP contribution in [0.25, 0.3) is 0 Å². The standard InChI is InChI=1S/C27H23BrClN2OP/c28-33(22-10-4-1-5-11-22,23-12-6-2-7-13-23,24-14-8-3-9-15-24)25-18-19-31(27(25)32)21-16-17-26(29)30-20-21/h1-17,20,25H,18-19H2. The molecule has 3 nitrogen and oxygen atoms in total. The number of rotatable bonds is 5. The summed E-state index contributed by atoms with van der Waals surface area (Å²) in [5, 5.41) is 0.472. The van der Waals surface area contributed by atoms with E-state index >= 15 is 0 Å². The Labute approximate surface area is 207 Å². The summed E-state index contributed by atoms with van der Waals surface area (Å²) in [6, 6.07) is 35.0. The van der Waals surface area contributed by atoms with Crippen molar-refractivity contribution < 1.29 is 4.79 Å². The number of pyridine rings is 1. The van der Waals surface area contributed by atoms with Gasteiger partial charge in [-0.25, -0.2) is 0 Å². The van der Waals surface area contributed by atoms with Gasteiger partial charge in [0.15, 0.2) is 0 Å². The van der Waals surface area contributed by atoms with Crippen LogP contribution in [0.15, 0.2) is 109 Å². The fourth-order valence-electron chi connectivity index (χ4n) is 5.04. The summed E-state index contributed by atoms with van der Waals surface area (Å²) in [6.45, 7) is 0.628. The molecule has 1 aliphatic heterocycles. The zero-order valence-corrected chi connectivity index (χ0v) is 21.1. The molecule has 1 fully saturated rings. The molecular weight excluding hydrogens is 515 g/mol. The van der Waals surface area contributed by atoms with Gasteiger partial charge in [0.1, 0.15) is 0 Å². The normalized spacial score (nSPS) is 17.5. The number of hydrogen-bond acceptors (Lipinski definition) is 2.